The molecular weight excluding hydrogens is 887 g/mol. The van der Waals surface area contributed by atoms with E-state index in [4.69, 9.17) is 17.0 Å². The van der Waals surface area contributed by atoms with Gasteiger partial charge in [-0.2, -0.15) is 12.1 Å². The normalized spacial score (nSPS) is 12.5. The average molecular weight is 967 g/mol. The Morgan fingerprint density at radius 1 is 0.403 bits per heavy atom. The molecule has 0 atom stereocenters. The van der Waals surface area contributed by atoms with Crippen molar-refractivity contribution in [2.45, 2.75) is 184 Å². The van der Waals surface area contributed by atoms with E-state index in [-0.39, 0.29) is 32.5 Å². The van der Waals surface area contributed by atoms with Gasteiger partial charge in [0.2, 0.25) is 0 Å². The van der Waals surface area contributed by atoms with E-state index >= 15 is 0 Å². The maximum atomic E-state index is 4.93. The fourth-order valence-electron chi connectivity index (χ4n) is 7.69. The molecular formula is C58H80Cl2SiZr. The van der Waals surface area contributed by atoms with Crippen LogP contribution in [0.2, 0.25) is 13.1 Å². The van der Waals surface area contributed by atoms with Crippen LogP contribution in [0.4, 0.5) is 0 Å². The second-order valence-corrected chi connectivity index (χ2v) is 28.4. The van der Waals surface area contributed by atoms with Gasteiger partial charge in [0, 0.05) is 9.52 Å². The minimum absolute atomic E-state index is 0.125. The van der Waals surface area contributed by atoms with Gasteiger partial charge in [-0.1, -0.05) is 196 Å². The van der Waals surface area contributed by atoms with Crippen molar-refractivity contribution in [2.75, 3.05) is 0 Å². The molecule has 62 heavy (non-hydrogen) atoms. The Bertz CT molecular complexity index is 2180. The van der Waals surface area contributed by atoms with Gasteiger partial charge in [-0.25, -0.2) is 0 Å². The summed E-state index contributed by atoms with van der Waals surface area (Å²) in [5.74, 6) is 0. The molecule has 0 aliphatic rings. The second-order valence-electron chi connectivity index (χ2n) is 23.7. The molecule has 0 heterocycles. The number of fused-ring (bicyclic) bond motifs is 2. The van der Waals surface area contributed by atoms with Crippen LogP contribution in [0, 0.1) is 13.8 Å². The van der Waals surface area contributed by atoms with Crippen LogP contribution in [-0.2, 0) is 53.3 Å². The Hall–Kier alpha value is -2.22. The number of rotatable bonds is 2. The van der Waals surface area contributed by atoms with Crippen molar-refractivity contribution in [3.8, 4) is 22.3 Å². The first-order valence-electron chi connectivity index (χ1n) is 22.5. The van der Waals surface area contributed by atoms with Crippen LogP contribution in [0.25, 0.3) is 43.8 Å². The van der Waals surface area contributed by atoms with Crippen LogP contribution in [0.5, 0.6) is 0 Å². The van der Waals surface area contributed by atoms with Crippen LogP contribution in [0.3, 0.4) is 0 Å². The van der Waals surface area contributed by atoms with Gasteiger partial charge in [0.25, 0.3) is 0 Å². The van der Waals surface area contributed by atoms with Crippen LogP contribution in [0.1, 0.15) is 169 Å². The standard InChI is InChI=1S/2C28H37.C2H6Si.2ClH.Zr/c2*1-18-11-12-19-13-23(28(8,9)10)17-24(19)25(18)20-14-21(26(2,3)4)16-22(15-20)27(5,6)7;1-3-2;;;/h2*11-17H,1-10H3;1-2H3;2*1H;/q2*-1;;;;+4/p-2. The van der Waals surface area contributed by atoms with Crippen LogP contribution < -0.4 is 0 Å². The fourth-order valence-corrected chi connectivity index (χ4v) is 7.69. The van der Waals surface area contributed by atoms with Gasteiger partial charge < -0.3 is 0 Å². The molecule has 0 bridgehead atoms. The molecule has 0 spiro atoms. The third kappa shape index (κ3) is 13.9. The monoisotopic (exact) mass is 964 g/mol. The van der Waals surface area contributed by atoms with Crippen molar-refractivity contribution < 1.29 is 20.8 Å². The van der Waals surface area contributed by atoms with Gasteiger partial charge >= 0.3 is 37.9 Å². The van der Waals surface area contributed by atoms with Crippen molar-refractivity contribution in [1.82, 2.24) is 0 Å². The molecule has 334 valence electrons. The second kappa shape index (κ2) is 20.5. The van der Waals surface area contributed by atoms with E-state index in [9.17, 15) is 0 Å². The Morgan fingerprint density at radius 3 is 0.855 bits per heavy atom. The van der Waals surface area contributed by atoms with Crippen molar-refractivity contribution in [3.05, 3.63) is 129 Å². The van der Waals surface area contributed by atoms with Gasteiger partial charge in [0.15, 0.2) is 0 Å². The third-order valence-electron chi connectivity index (χ3n) is 11.8. The third-order valence-corrected chi connectivity index (χ3v) is 11.8. The fraction of sp³-hybridized carbons (Fsp3) is 0.483. The van der Waals surface area contributed by atoms with E-state index in [0.717, 1.165) is 9.52 Å². The molecule has 0 aromatic heterocycles. The molecule has 4 heteroatoms. The summed E-state index contributed by atoms with van der Waals surface area (Å²) in [4.78, 5) is 0. The number of hydrogen-bond acceptors (Lipinski definition) is 0. The van der Waals surface area contributed by atoms with E-state index in [1.807, 2.05) is 0 Å². The zero-order valence-electron chi connectivity index (χ0n) is 42.8. The first-order chi connectivity index (χ1) is 28.2. The number of hydrogen-bond donors (Lipinski definition) is 0. The summed E-state index contributed by atoms with van der Waals surface area (Å²) >= 11 is -0.826. The molecule has 0 aliphatic carbocycles. The summed E-state index contributed by atoms with van der Waals surface area (Å²) in [5.41, 5.74) is 17.5. The summed E-state index contributed by atoms with van der Waals surface area (Å²) in [6, 6.07) is 33.2. The van der Waals surface area contributed by atoms with E-state index in [1.54, 1.807) is 0 Å². The molecule has 0 saturated carbocycles. The van der Waals surface area contributed by atoms with E-state index in [0.29, 0.717) is 0 Å². The molecule has 0 nitrogen and oxygen atoms in total. The molecule has 6 aromatic carbocycles. The molecule has 0 unspecified atom stereocenters. The molecule has 0 N–H and O–H groups in total. The summed E-state index contributed by atoms with van der Waals surface area (Å²) in [6.45, 7) is 50.3. The predicted octanol–water partition coefficient (Wildman–Crippen LogP) is 19.0. The first kappa shape index (κ1) is 54.1. The molecule has 2 radical (unpaired) electrons. The average Bonchev–Trinajstić information content (AvgIpc) is 3.76. The van der Waals surface area contributed by atoms with Crippen molar-refractivity contribution in [1.29, 1.82) is 0 Å². The van der Waals surface area contributed by atoms with Crippen molar-refractivity contribution in [2.24, 2.45) is 0 Å². The summed E-state index contributed by atoms with van der Waals surface area (Å²) in [5, 5.41) is 5.47. The molecule has 0 saturated heterocycles. The molecule has 6 aromatic rings. The van der Waals surface area contributed by atoms with Gasteiger partial charge in [0.05, 0.1) is 0 Å². The predicted molar refractivity (Wildman–Crippen MR) is 281 cm³/mol. The summed E-state index contributed by atoms with van der Waals surface area (Å²) in [6.07, 6.45) is 0. The Kier molecular flexibility index (Phi) is 17.9. The number of aryl methyl sites for hydroxylation is 2. The zero-order chi connectivity index (χ0) is 47.6. The van der Waals surface area contributed by atoms with Crippen LogP contribution in [0.15, 0.2) is 84.9 Å². The minimum atomic E-state index is -0.826. The van der Waals surface area contributed by atoms with Crippen LogP contribution in [-0.4, -0.2) is 9.52 Å². The van der Waals surface area contributed by atoms with Gasteiger partial charge in [0.1, 0.15) is 0 Å². The topological polar surface area (TPSA) is 0 Å². The molecule has 0 fully saturated rings. The Balaban J connectivity index is 0.000000293. The molecule has 6 rings (SSSR count). The summed E-state index contributed by atoms with van der Waals surface area (Å²) < 4.78 is 0. The van der Waals surface area contributed by atoms with Gasteiger partial charge in [-0.3, -0.25) is 0 Å². The molecule has 0 amide bonds. The van der Waals surface area contributed by atoms with Crippen molar-refractivity contribution >= 4 is 48.1 Å². The van der Waals surface area contributed by atoms with Crippen LogP contribution >= 0.6 is 17.0 Å². The van der Waals surface area contributed by atoms with Crippen molar-refractivity contribution in [3.63, 3.8) is 0 Å². The van der Waals surface area contributed by atoms with E-state index in [2.05, 4.69) is 236 Å². The number of halogens is 2. The Morgan fingerprint density at radius 2 is 0.645 bits per heavy atom. The van der Waals surface area contributed by atoms with E-state index < -0.39 is 20.8 Å². The maximum absolute atomic E-state index is 4.93. The zero-order valence-corrected chi connectivity index (χ0v) is 47.8. The number of benzene rings is 4. The van der Waals surface area contributed by atoms with Gasteiger partial charge in [-0.15, -0.1) is 69.1 Å². The molecule has 0 aliphatic heterocycles. The SMILES string of the molecule is C[Si]C.Cc1ccc2[cH-]c(C(C)(C)C)cc2c1-c1cc(C(C)(C)C)cc(C(C)(C)C)c1.Cc1ccc2[cH-]c(C(C)(C)C)cc2c1-c1cc(C(C)(C)C)cc(C(C)(C)C)c1.[Cl][Zr+2][Cl]. The quantitative estimate of drug-likeness (QED) is 0.120. The van der Waals surface area contributed by atoms with Gasteiger partial charge in [-0.05, 0) is 79.7 Å². The van der Waals surface area contributed by atoms with E-state index in [1.165, 1.54) is 88.3 Å². The first-order valence-corrected chi connectivity index (χ1v) is 30.8. The summed E-state index contributed by atoms with van der Waals surface area (Å²) in [7, 11) is 11.0. The Labute approximate surface area is 401 Å².